The summed E-state index contributed by atoms with van der Waals surface area (Å²) in [6.07, 6.45) is 1.71. The van der Waals surface area contributed by atoms with E-state index in [1.54, 1.807) is 24.3 Å². The molecule has 4 nitrogen and oxygen atoms in total. The van der Waals surface area contributed by atoms with Gasteiger partial charge in [0.15, 0.2) is 0 Å². The lowest BCUT2D eigenvalue weighted by atomic mass is 9.98. The number of rotatable bonds is 0. The van der Waals surface area contributed by atoms with Crippen molar-refractivity contribution in [2.75, 3.05) is 7.05 Å². The summed E-state index contributed by atoms with van der Waals surface area (Å²) in [6, 6.07) is 5.45. The molecular weight excluding hydrogens is 310 g/mol. The van der Waals surface area contributed by atoms with Gasteiger partial charge < -0.3 is 4.90 Å². The molecule has 0 N–H and O–H groups in total. The first kappa shape index (κ1) is 15.6. The minimum atomic E-state index is -0.107. The molecule has 1 aromatic carbocycles. The molecule has 0 saturated carbocycles. The standard InChI is InChI=1S/C18H18ClN3O/c1-18(2,3)9-8-13-15-10-21(4)17(23)16-12(19)6-5-7-14(16)22(15)11-20-13/h5-7,11H,10H2,1-4H3. The van der Waals surface area contributed by atoms with Gasteiger partial charge in [-0.15, -0.1) is 0 Å². The fraction of sp³-hybridized carbons (Fsp3) is 0.333. The van der Waals surface area contributed by atoms with E-state index in [2.05, 4.69) is 37.6 Å². The molecule has 1 amide bonds. The average molecular weight is 328 g/mol. The Kier molecular flexibility index (Phi) is 3.69. The summed E-state index contributed by atoms with van der Waals surface area (Å²) < 4.78 is 1.91. The second-order valence-corrected chi connectivity index (χ2v) is 7.11. The molecule has 2 heterocycles. The third-order valence-corrected chi connectivity index (χ3v) is 3.94. The van der Waals surface area contributed by atoms with Crippen molar-refractivity contribution in [3.05, 3.63) is 46.5 Å². The molecule has 2 aromatic rings. The van der Waals surface area contributed by atoms with Crippen LogP contribution >= 0.6 is 11.6 Å². The summed E-state index contributed by atoms with van der Waals surface area (Å²) in [5.41, 5.74) is 2.75. The van der Waals surface area contributed by atoms with Crippen molar-refractivity contribution < 1.29 is 4.79 Å². The number of aromatic nitrogens is 2. The number of hydrogen-bond donors (Lipinski definition) is 0. The van der Waals surface area contributed by atoms with Gasteiger partial charge in [-0.3, -0.25) is 9.36 Å². The van der Waals surface area contributed by atoms with Crippen LogP contribution in [0.5, 0.6) is 0 Å². The maximum absolute atomic E-state index is 12.6. The molecular formula is C18H18ClN3O. The van der Waals surface area contributed by atoms with E-state index in [1.807, 2.05) is 16.7 Å². The Morgan fingerprint density at radius 1 is 1.30 bits per heavy atom. The number of nitrogens with zero attached hydrogens (tertiary/aromatic N) is 3. The van der Waals surface area contributed by atoms with Gasteiger partial charge in [-0.25, -0.2) is 4.98 Å². The molecule has 1 aliphatic rings. The van der Waals surface area contributed by atoms with Gasteiger partial charge in [0.1, 0.15) is 12.0 Å². The molecule has 0 unspecified atom stereocenters. The van der Waals surface area contributed by atoms with Crippen LogP contribution in [0.1, 0.15) is 42.5 Å². The summed E-state index contributed by atoms with van der Waals surface area (Å²) in [5, 5.41) is 0.447. The first-order chi connectivity index (χ1) is 10.8. The number of fused-ring (bicyclic) bond motifs is 3. The topological polar surface area (TPSA) is 38.1 Å². The predicted molar refractivity (Wildman–Crippen MR) is 90.7 cm³/mol. The SMILES string of the molecule is CN1Cc2c(C#CC(C)(C)C)ncn2-c2cccc(Cl)c2C1=O. The molecule has 1 aromatic heterocycles. The molecule has 118 valence electrons. The lowest BCUT2D eigenvalue weighted by Crippen LogP contribution is -2.25. The number of imidazole rings is 1. The van der Waals surface area contributed by atoms with Crippen molar-refractivity contribution in [1.29, 1.82) is 0 Å². The van der Waals surface area contributed by atoms with Crippen LogP contribution in [-0.4, -0.2) is 27.4 Å². The van der Waals surface area contributed by atoms with Gasteiger partial charge in [0.2, 0.25) is 0 Å². The summed E-state index contributed by atoms with van der Waals surface area (Å²) in [5.74, 6) is 6.26. The van der Waals surface area contributed by atoms with Crippen LogP contribution in [0.3, 0.4) is 0 Å². The van der Waals surface area contributed by atoms with E-state index in [-0.39, 0.29) is 11.3 Å². The average Bonchev–Trinajstić information content (AvgIpc) is 2.81. The molecule has 23 heavy (non-hydrogen) atoms. The van der Waals surface area contributed by atoms with Gasteiger partial charge >= 0.3 is 0 Å². The number of carbonyl (C=O) groups is 1. The van der Waals surface area contributed by atoms with Gasteiger partial charge in [-0.2, -0.15) is 0 Å². The predicted octanol–water partition coefficient (Wildman–Crippen LogP) is 3.51. The van der Waals surface area contributed by atoms with Crippen molar-refractivity contribution in [3.63, 3.8) is 0 Å². The fourth-order valence-electron chi connectivity index (χ4n) is 2.50. The highest BCUT2D eigenvalue weighted by atomic mass is 35.5. The first-order valence-corrected chi connectivity index (χ1v) is 7.79. The quantitative estimate of drug-likeness (QED) is 0.694. The maximum atomic E-state index is 12.6. The van der Waals surface area contributed by atoms with Gasteiger partial charge in [-0.1, -0.05) is 23.6 Å². The lowest BCUT2D eigenvalue weighted by Gasteiger charge is -2.14. The van der Waals surface area contributed by atoms with Crippen molar-refractivity contribution in [3.8, 4) is 17.5 Å². The fourth-order valence-corrected chi connectivity index (χ4v) is 2.75. The number of benzene rings is 1. The van der Waals surface area contributed by atoms with Crippen LogP contribution in [0.25, 0.3) is 5.69 Å². The number of carbonyl (C=O) groups excluding carboxylic acids is 1. The molecule has 0 saturated heterocycles. The number of amides is 1. The summed E-state index contributed by atoms with van der Waals surface area (Å²) in [6.45, 7) is 6.61. The molecule has 1 aliphatic heterocycles. The molecule has 0 atom stereocenters. The summed E-state index contributed by atoms with van der Waals surface area (Å²) in [4.78, 5) is 18.7. The van der Waals surface area contributed by atoms with Crippen LogP contribution < -0.4 is 0 Å². The monoisotopic (exact) mass is 327 g/mol. The number of halogens is 1. The highest BCUT2D eigenvalue weighted by Crippen LogP contribution is 2.30. The van der Waals surface area contributed by atoms with E-state index >= 15 is 0 Å². The van der Waals surface area contributed by atoms with Crippen LogP contribution in [0.2, 0.25) is 5.02 Å². The van der Waals surface area contributed by atoms with Gasteiger partial charge in [0.05, 0.1) is 28.5 Å². The first-order valence-electron chi connectivity index (χ1n) is 7.41. The van der Waals surface area contributed by atoms with Crippen LogP contribution in [0.15, 0.2) is 24.5 Å². The van der Waals surface area contributed by atoms with Crippen molar-refractivity contribution in [2.45, 2.75) is 27.3 Å². The van der Waals surface area contributed by atoms with E-state index in [1.165, 1.54) is 0 Å². The molecule has 0 aliphatic carbocycles. The van der Waals surface area contributed by atoms with E-state index in [0.717, 1.165) is 11.4 Å². The molecule has 5 heteroatoms. The van der Waals surface area contributed by atoms with E-state index in [9.17, 15) is 4.79 Å². The Hall–Kier alpha value is -2.25. The second kappa shape index (κ2) is 5.43. The van der Waals surface area contributed by atoms with Crippen molar-refractivity contribution in [2.24, 2.45) is 5.41 Å². The van der Waals surface area contributed by atoms with E-state index < -0.39 is 0 Å². The third kappa shape index (κ3) is 2.85. The normalized spacial score (nSPS) is 13.8. The van der Waals surface area contributed by atoms with Crippen LogP contribution in [-0.2, 0) is 6.54 Å². The largest absolute Gasteiger partial charge is 0.336 e. The highest BCUT2D eigenvalue weighted by molar-refractivity contribution is 6.34. The van der Waals surface area contributed by atoms with Gasteiger partial charge in [-0.05, 0) is 38.8 Å². The zero-order valence-electron chi connectivity index (χ0n) is 13.6. The molecule has 0 bridgehead atoms. The number of hydrogen-bond acceptors (Lipinski definition) is 2. The highest BCUT2D eigenvalue weighted by Gasteiger charge is 2.27. The Bertz CT molecular complexity index is 849. The van der Waals surface area contributed by atoms with E-state index in [4.69, 9.17) is 11.6 Å². The molecule has 0 fully saturated rings. The Morgan fingerprint density at radius 2 is 2.04 bits per heavy atom. The Balaban J connectivity index is 2.22. The Labute approximate surface area is 141 Å². The molecule has 0 spiro atoms. The van der Waals surface area contributed by atoms with Crippen molar-refractivity contribution in [1.82, 2.24) is 14.5 Å². The second-order valence-electron chi connectivity index (χ2n) is 6.71. The van der Waals surface area contributed by atoms with Gasteiger partial charge in [0, 0.05) is 12.5 Å². The zero-order chi connectivity index (χ0) is 16.8. The Morgan fingerprint density at radius 3 is 2.74 bits per heavy atom. The molecule has 0 radical (unpaired) electrons. The van der Waals surface area contributed by atoms with Crippen LogP contribution in [0.4, 0.5) is 0 Å². The van der Waals surface area contributed by atoms with E-state index in [0.29, 0.717) is 22.8 Å². The van der Waals surface area contributed by atoms with Crippen molar-refractivity contribution >= 4 is 17.5 Å². The minimum Gasteiger partial charge on any atom is -0.336 e. The third-order valence-electron chi connectivity index (χ3n) is 3.62. The smallest absolute Gasteiger partial charge is 0.257 e. The van der Waals surface area contributed by atoms with Crippen LogP contribution in [0, 0.1) is 17.3 Å². The molecule has 3 rings (SSSR count). The lowest BCUT2D eigenvalue weighted by molar-refractivity contribution is 0.0788. The van der Waals surface area contributed by atoms with Gasteiger partial charge in [0.25, 0.3) is 5.91 Å². The summed E-state index contributed by atoms with van der Waals surface area (Å²) in [7, 11) is 1.76. The zero-order valence-corrected chi connectivity index (χ0v) is 14.4. The minimum absolute atomic E-state index is 0.0935. The maximum Gasteiger partial charge on any atom is 0.257 e. The summed E-state index contributed by atoms with van der Waals surface area (Å²) >= 11 is 6.26.